The molecule has 0 aromatic heterocycles. The first-order valence-corrected chi connectivity index (χ1v) is 11.6. The Morgan fingerprint density at radius 3 is 1.79 bits per heavy atom. The van der Waals surface area contributed by atoms with Crippen LogP contribution in [0.4, 0.5) is 0 Å². The Hall–Kier alpha value is -2.84. The number of carboxylic acid groups (broad SMARTS) is 1. The molecule has 4 rings (SSSR count). The molecule has 3 aromatic rings. The van der Waals surface area contributed by atoms with Crippen LogP contribution < -0.4 is 0 Å². The third-order valence-electron chi connectivity index (χ3n) is 6.33. The number of carboxylic acids is 1. The maximum absolute atomic E-state index is 13.2. The van der Waals surface area contributed by atoms with Crippen LogP contribution in [-0.2, 0) is 10.3 Å². The van der Waals surface area contributed by atoms with Crippen LogP contribution in [-0.4, -0.2) is 27.3 Å². The van der Waals surface area contributed by atoms with E-state index < -0.39 is 17.5 Å². The molecule has 8 heteroatoms. The molecule has 3 aromatic carbocycles. The van der Waals surface area contributed by atoms with Gasteiger partial charge < -0.3 is 20.1 Å². The fourth-order valence-electron chi connectivity index (χ4n) is 4.79. The van der Waals surface area contributed by atoms with Crippen LogP contribution in [0.1, 0.15) is 59.7 Å². The molecular formula is C25H20Br2O6. The summed E-state index contributed by atoms with van der Waals surface area (Å²) < 4.78 is 7.28. The zero-order chi connectivity index (χ0) is 24.4. The molecule has 1 aliphatic heterocycles. The highest BCUT2D eigenvalue weighted by Crippen LogP contribution is 2.55. The van der Waals surface area contributed by atoms with Crippen LogP contribution in [0.3, 0.4) is 0 Å². The Labute approximate surface area is 207 Å². The number of cyclic esters (lactones) is 1. The number of ether oxygens (including phenoxy) is 1. The lowest BCUT2D eigenvalue weighted by Crippen LogP contribution is -2.35. The van der Waals surface area contributed by atoms with Crippen molar-refractivity contribution < 1.29 is 29.6 Å². The maximum atomic E-state index is 13.2. The number of carbonyl (C=O) groups excluding carboxylic acids is 1. The summed E-state index contributed by atoms with van der Waals surface area (Å²) in [7, 11) is 0. The van der Waals surface area contributed by atoms with Crippen LogP contribution in [0.2, 0.25) is 0 Å². The Morgan fingerprint density at radius 2 is 1.33 bits per heavy atom. The van der Waals surface area contributed by atoms with E-state index in [1.54, 1.807) is 39.8 Å². The summed E-state index contributed by atoms with van der Waals surface area (Å²) in [6, 6.07) is 7.52. The Balaban J connectivity index is 2.36. The fraction of sp³-hybridized carbons (Fsp3) is 0.200. The molecule has 0 aliphatic carbocycles. The minimum absolute atomic E-state index is 0.0475. The van der Waals surface area contributed by atoms with Gasteiger partial charge in [0.15, 0.2) is 5.60 Å². The monoisotopic (exact) mass is 574 g/mol. The number of esters is 1. The summed E-state index contributed by atoms with van der Waals surface area (Å²) in [5.41, 5.74) is 1.47. The highest BCUT2D eigenvalue weighted by Gasteiger charge is 2.54. The molecule has 0 spiro atoms. The van der Waals surface area contributed by atoms with Crippen LogP contribution in [0.25, 0.3) is 0 Å². The van der Waals surface area contributed by atoms with Crippen LogP contribution >= 0.6 is 31.9 Å². The molecule has 0 saturated heterocycles. The quantitative estimate of drug-likeness (QED) is 0.330. The lowest BCUT2D eigenvalue weighted by molar-refractivity contribution is 0.0237. The van der Waals surface area contributed by atoms with E-state index in [1.165, 1.54) is 18.2 Å². The molecule has 170 valence electrons. The number of hydrogen-bond acceptors (Lipinski definition) is 5. The summed E-state index contributed by atoms with van der Waals surface area (Å²) in [5, 5.41) is 31.5. The topological polar surface area (TPSA) is 104 Å². The number of aromatic hydroxyl groups is 2. The van der Waals surface area contributed by atoms with Crippen molar-refractivity contribution in [2.75, 3.05) is 0 Å². The van der Waals surface area contributed by atoms with Gasteiger partial charge in [0, 0.05) is 25.6 Å². The molecule has 0 saturated carbocycles. The third-order valence-corrected chi connectivity index (χ3v) is 7.98. The van der Waals surface area contributed by atoms with Gasteiger partial charge in [-0.2, -0.15) is 0 Å². The second-order valence-electron chi connectivity index (χ2n) is 8.11. The van der Waals surface area contributed by atoms with E-state index in [9.17, 15) is 24.9 Å². The number of carbonyl (C=O) groups is 2. The number of fused-ring (bicyclic) bond motifs is 1. The summed E-state index contributed by atoms with van der Waals surface area (Å²) >= 11 is 6.94. The van der Waals surface area contributed by atoms with Crippen molar-refractivity contribution in [3.8, 4) is 11.5 Å². The molecule has 6 nitrogen and oxygen atoms in total. The number of aromatic carboxylic acids is 1. The van der Waals surface area contributed by atoms with Crippen molar-refractivity contribution >= 4 is 43.8 Å². The van der Waals surface area contributed by atoms with Crippen LogP contribution in [0.5, 0.6) is 11.5 Å². The Bertz CT molecular complexity index is 1260. The van der Waals surface area contributed by atoms with E-state index >= 15 is 0 Å². The van der Waals surface area contributed by atoms with E-state index in [4.69, 9.17) is 4.74 Å². The van der Waals surface area contributed by atoms with E-state index in [2.05, 4.69) is 31.9 Å². The first-order valence-electron chi connectivity index (χ1n) is 10.0. The summed E-state index contributed by atoms with van der Waals surface area (Å²) in [6.07, 6.45) is 0. The van der Waals surface area contributed by atoms with Gasteiger partial charge in [-0.1, -0.05) is 37.9 Å². The fourth-order valence-corrected chi connectivity index (χ4v) is 5.62. The predicted molar refractivity (Wildman–Crippen MR) is 129 cm³/mol. The van der Waals surface area contributed by atoms with E-state index in [0.717, 1.165) is 0 Å². The average molecular weight is 576 g/mol. The molecule has 0 fully saturated rings. The average Bonchev–Trinajstić information content (AvgIpc) is 3.04. The molecule has 0 unspecified atom stereocenters. The molecule has 33 heavy (non-hydrogen) atoms. The maximum Gasteiger partial charge on any atom is 0.340 e. The molecule has 1 aliphatic rings. The summed E-state index contributed by atoms with van der Waals surface area (Å²) in [5.74, 6) is -2.01. The minimum atomic E-state index is -1.73. The SMILES string of the molecule is Cc1c(O)cc(Br)c(C)c1C1(c2c(C)c(O)cc(Br)c2C)OC(=O)c2cccc(C(=O)O)c21. The molecule has 0 amide bonds. The van der Waals surface area contributed by atoms with Gasteiger partial charge in [-0.25, -0.2) is 9.59 Å². The molecule has 0 bridgehead atoms. The number of rotatable bonds is 3. The van der Waals surface area contributed by atoms with Crippen molar-refractivity contribution in [3.05, 3.63) is 89.3 Å². The van der Waals surface area contributed by atoms with Crippen molar-refractivity contribution in [2.24, 2.45) is 0 Å². The smallest absolute Gasteiger partial charge is 0.340 e. The van der Waals surface area contributed by atoms with Crippen molar-refractivity contribution in [2.45, 2.75) is 33.3 Å². The Morgan fingerprint density at radius 1 is 0.848 bits per heavy atom. The van der Waals surface area contributed by atoms with Gasteiger partial charge in [0.2, 0.25) is 0 Å². The lowest BCUT2D eigenvalue weighted by Gasteiger charge is -2.36. The van der Waals surface area contributed by atoms with Gasteiger partial charge in [-0.05, 0) is 74.2 Å². The first-order chi connectivity index (χ1) is 15.4. The summed E-state index contributed by atoms with van der Waals surface area (Å²) in [6.45, 7) is 6.96. The Kier molecular flexibility index (Phi) is 5.57. The number of phenols is 2. The second-order valence-corrected chi connectivity index (χ2v) is 9.82. The second kappa shape index (κ2) is 7.88. The van der Waals surface area contributed by atoms with Crippen molar-refractivity contribution in [3.63, 3.8) is 0 Å². The summed E-state index contributed by atoms with van der Waals surface area (Å²) in [4.78, 5) is 25.6. The number of phenolic OH excluding ortho intramolecular Hbond substituents is 2. The van der Waals surface area contributed by atoms with Gasteiger partial charge >= 0.3 is 11.9 Å². The van der Waals surface area contributed by atoms with Crippen LogP contribution in [0, 0.1) is 27.7 Å². The molecule has 0 atom stereocenters. The van der Waals surface area contributed by atoms with Crippen molar-refractivity contribution in [1.82, 2.24) is 0 Å². The van der Waals surface area contributed by atoms with E-state index in [1.807, 2.05) is 0 Å². The largest absolute Gasteiger partial charge is 0.508 e. The van der Waals surface area contributed by atoms with Gasteiger partial charge in [-0.3, -0.25) is 0 Å². The molecule has 1 heterocycles. The third kappa shape index (κ3) is 3.19. The molecular weight excluding hydrogens is 556 g/mol. The number of benzene rings is 3. The lowest BCUT2D eigenvalue weighted by atomic mass is 9.72. The standard InChI is InChI=1S/C25H20Br2O6/c1-10-16(26)8-18(28)12(3)20(10)25(21-11(2)17(27)9-19(29)13(21)4)22-14(23(30)31)6-5-7-15(22)24(32)33-25/h5-9,28-29H,1-4H3,(H,30,31). The van der Waals surface area contributed by atoms with E-state index in [0.29, 0.717) is 42.3 Å². The van der Waals surface area contributed by atoms with Gasteiger partial charge in [0.1, 0.15) is 11.5 Å². The van der Waals surface area contributed by atoms with Gasteiger partial charge in [0.25, 0.3) is 0 Å². The number of halogens is 2. The zero-order valence-corrected chi connectivity index (χ0v) is 21.4. The molecule has 0 radical (unpaired) electrons. The number of hydrogen-bond donors (Lipinski definition) is 3. The van der Waals surface area contributed by atoms with Gasteiger partial charge in [-0.15, -0.1) is 0 Å². The first kappa shape index (κ1) is 23.3. The van der Waals surface area contributed by atoms with Crippen LogP contribution in [0.15, 0.2) is 39.3 Å². The minimum Gasteiger partial charge on any atom is -0.508 e. The van der Waals surface area contributed by atoms with E-state index in [-0.39, 0.29) is 28.2 Å². The molecule has 3 N–H and O–H groups in total. The zero-order valence-electron chi connectivity index (χ0n) is 18.2. The van der Waals surface area contributed by atoms with Crippen molar-refractivity contribution in [1.29, 1.82) is 0 Å². The van der Waals surface area contributed by atoms with Gasteiger partial charge in [0.05, 0.1) is 11.1 Å². The highest BCUT2D eigenvalue weighted by atomic mass is 79.9. The normalized spacial score (nSPS) is 14.2. The predicted octanol–water partition coefficient (Wildman–Crippen LogP) is 6.02. The highest BCUT2D eigenvalue weighted by molar-refractivity contribution is 9.10.